The summed E-state index contributed by atoms with van der Waals surface area (Å²) in [4.78, 5) is 4.24. The minimum Gasteiger partial charge on any atom is -0.320 e. The van der Waals surface area contributed by atoms with Gasteiger partial charge < -0.3 is 5.32 Å². The second kappa shape index (κ2) is 7.14. The van der Waals surface area contributed by atoms with Gasteiger partial charge in [0, 0.05) is 18.0 Å². The molecule has 1 aromatic rings. The Kier molecular flexibility index (Phi) is 5.49. The van der Waals surface area contributed by atoms with E-state index in [9.17, 15) is 0 Å². The topological polar surface area (TPSA) is 15.3 Å². The van der Waals surface area contributed by atoms with Gasteiger partial charge in [-0.05, 0) is 56.4 Å². The molecular formula is C14H24N2S. The molecule has 0 saturated heterocycles. The van der Waals surface area contributed by atoms with E-state index in [1.807, 2.05) is 18.4 Å². The van der Waals surface area contributed by atoms with Gasteiger partial charge in [-0.15, -0.1) is 11.3 Å². The minimum atomic E-state index is 1.17. The molecule has 17 heavy (non-hydrogen) atoms. The zero-order valence-corrected chi connectivity index (χ0v) is 11.7. The van der Waals surface area contributed by atoms with Crippen LogP contribution >= 0.6 is 11.3 Å². The number of hydrogen-bond donors (Lipinski definition) is 1. The normalized spacial score (nSPS) is 16.1. The fourth-order valence-corrected chi connectivity index (χ4v) is 3.38. The molecule has 96 valence electrons. The lowest BCUT2D eigenvalue weighted by atomic mass is 10.1. The van der Waals surface area contributed by atoms with Gasteiger partial charge in [0.05, 0.1) is 0 Å². The SMILES string of the molecule is CNCCCCCCN1CCc2sccc2C1. The number of unbranched alkanes of at least 4 members (excludes halogenated alkanes) is 3. The van der Waals surface area contributed by atoms with Gasteiger partial charge in [-0.3, -0.25) is 4.90 Å². The molecule has 0 radical (unpaired) electrons. The van der Waals surface area contributed by atoms with Crippen molar-refractivity contribution in [1.82, 2.24) is 10.2 Å². The molecule has 2 heterocycles. The number of nitrogens with zero attached hydrogens (tertiary/aromatic N) is 1. The van der Waals surface area contributed by atoms with Crippen LogP contribution < -0.4 is 5.32 Å². The lowest BCUT2D eigenvalue weighted by Gasteiger charge is -2.26. The lowest BCUT2D eigenvalue weighted by molar-refractivity contribution is 0.250. The zero-order valence-electron chi connectivity index (χ0n) is 10.9. The summed E-state index contributed by atoms with van der Waals surface area (Å²) in [5.41, 5.74) is 1.58. The van der Waals surface area contributed by atoms with Gasteiger partial charge in [0.15, 0.2) is 0 Å². The Morgan fingerprint density at radius 2 is 2.18 bits per heavy atom. The van der Waals surface area contributed by atoms with Crippen molar-refractivity contribution in [1.29, 1.82) is 0 Å². The van der Waals surface area contributed by atoms with E-state index in [1.54, 1.807) is 10.4 Å². The molecule has 0 amide bonds. The first-order valence-electron chi connectivity index (χ1n) is 6.82. The maximum atomic E-state index is 3.21. The van der Waals surface area contributed by atoms with Crippen LogP contribution in [0.1, 0.15) is 36.1 Å². The van der Waals surface area contributed by atoms with Crippen LogP contribution in [0.2, 0.25) is 0 Å². The number of thiophene rings is 1. The van der Waals surface area contributed by atoms with Gasteiger partial charge in [0.2, 0.25) is 0 Å². The highest BCUT2D eigenvalue weighted by atomic mass is 32.1. The lowest BCUT2D eigenvalue weighted by Crippen LogP contribution is -2.30. The Labute approximate surface area is 109 Å². The highest BCUT2D eigenvalue weighted by Crippen LogP contribution is 2.24. The fraction of sp³-hybridized carbons (Fsp3) is 0.714. The van der Waals surface area contributed by atoms with E-state index in [-0.39, 0.29) is 0 Å². The maximum Gasteiger partial charge on any atom is 0.0244 e. The Hall–Kier alpha value is -0.380. The van der Waals surface area contributed by atoms with Crippen LogP contribution in [0.15, 0.2) is 11.4 Å². The number of fused-ring (bicyclic) bond motifs is 1. The van der Waals surface area contributed by atoms with E-state index in [2.05, 4.69) is 21.7 Å². The molecule has 2 nitrogen and oxygen atoms in total. The van der Waals surface area contributed by atoms with Crippen LogP contribution in [0.25, 0.3) is 0 Å². The smallest absolute Gasteiger partial charge is 0.0244 e. The number of hydrogen-bond acceptors (Lipinski definition) is 3. The quantitative estimate of drug-likeness (QED) is 0.751. The van der Waals surface area contributed by atoms with Crippen LogP contribution in [0.5, 0.6) is 0 Å². The number of rotatable bonds is 7. The molecule has 3 heteroatoms. The van der Waals surface area contributed by atoms with E-state index in [4.69, 9.17) is 0 Å². The van der Waals surface area contributed by atoms with Gasteiger partial charge in [-0.1, -0.05) is 12.8 Å². The van der Waals surface area contributed by atoms with Gasteiger partial charge >= 0.3 is 0 Å². The summed E-state index contributed by atoms with van der Waals surface area (Å²) in [7, 11) is 2.03. The van der Waals surface area contributed by atoms with Crippen molar-refractivity contribution >= 4 is 11.3 Å². The average Bonchev–Trinajstić information content (AvgIpc) is 2.81. The van der Waals surface area contributed by atoms with Crippen LogP contribution in [0.4, 0.5) is 0 Å². The Bertz CT molecular complexity index is 322. The van der Waals surface area contributed by atoms with Gasteiger partial charge in [-0.2, -0.15) is 0 Å². The third-order valence-electron chi connectivity index (χ3n) is 3.54. The van der Waals surface area contributed by atoms with E-state index in [0.29, 0.717) is 0 Å². The van der Waals surface area contributed by atoms with E-state index >= 15 is 0 Å². The second-order valence-electron chi connectivity index (χ2n) is 4.91. The summed E-state index contributed by atoms with van der Waals surface area (Å²) in [5.74, 6) is 0. The molecule has 0 bridgehead atoms. The highest BCUT2D eigenvalue weighted by Gasteiger charge is 2.16. The van der Waals surface area contributed by atoms with Gasteiger partial charge in [-0.25, -0.2) is 0 Å². The Morgan fingerprint density at radius 1 is 1.29 bits per heavy atom. The zero-order chi connectivity index (χ0) is 11.9. The van der Waals surface area contributed by atoms with Crippen LogP contribution in [0, 0.1) is 0 Å². The van der Waals surface area contributed by atoms with Crippen LogP contribution in [-0.2, 0) is 13.0 Å². The average molecular weight is 252 g/mol. The standard InChI is InChI=1S/C14H24N2S/c1-15-8-4-2-3-5-9-16-10-6-14-13(12-16)7-11-17-14/h7,11,15H,2-6,8-10,12H2,1H3. The molecule has 0 aromatic carbocycles. The molecule has 1 aromatic heterocycles. The summed E-state index contributed by atoms with van der Waals surface area (Å²) in [6.45, 7) is 4.91. The second-order valence-corrected chi connectivity index (χ2v) is 5.91. The molecule has 0 aliphatic carbocycles. The van der Waals surface area contributed by atoms with E-state index in [0.717, 1.165) is 0 Å². The van der Waals surface area contributed by atoms with Crippen molar-refractivity contribution in [3.63, 3.8) is 0 Å². The fourth-order valence-electron chi connectivity index (χ4n) is 2.49. The maximum absolute atomic E-state index is 3.21. The van der Waals surface area contributed by atoms with Crippen molar-refractivity contribution in [2.24, 2.45) is 0 Å². The van der Waals surface area contributed by atoms with Crippen molar-refractivity contribution in [3.05, 3.63) is 21.9 Å². The molecule has 0 spiro atoms. The molecular weight excluding hydrogens is 228 g/mol. The molecule has 0 atom stereocenters. The van der Waals surface area contributed by atoms with Crippen molar-refractivity contribution < 1.29 is 0 Å². The largest absolute Gasteiger partial charge is 0.320 e. The van der Waals surface area contributed by atoms with E-state index < -0.39 is 0 Å². The van der Waals surface area contributed by atoms with Crippen molar-refractivity contribution in [3.8, 4) is 0 Å². The molecule has 1 N–H and O–H groups in total. The summed E-state index contributed by atoms with van der Waals surface area (Å²) < 4.78 is 0. The summed E-state index contributed by atoms with van der Waals surface area (Å²) in [6.07, 6.45) is 6.72. The first kappa shape index (κ1) is 13.1. The summed E-state index contributed by atoms with van der Waals surface area (Å²) in [5, 5.41) is 5.45. The van der Waals surface area contributed by atoms with Crippen LogP contribution in [-0.4, -0.2) is 31.6 Å². The number of nitrogens with one attached hydrogen (secondary N) is 1. The predicted molar refractivity (Wildman–Crippen MR) is 75.7 cm³/mol. The Balaban J connectivity index is 1.59. The molecule has 0 fully saturated rings. The minimum absolute atomic E-state index is 1.17. The van der Waals surface area contributed by atoms with Crippen molar-refractivity contribution in [2.75, 3.05) is 26.7 Å². The monoisotopic (exact) mass is 252 g/mol. The predicted octanol–water partition coefficient (Wildman–Crippen LogP) is 2.89. The Morgan fingerprint density at radius 3 is 3.06 bits per heavy atom. The molecule has 0 saturated carbocycles. The summed E-state index contributed by atoms with van der Waals surface area (Å²) >= 11 is 1.93. The van der Waals surface area contributed by atoms with Gasteiger partial charge in [0.25, 0.3) is 0 Å². The molecule has 1 aliphatic heterocycles. The van der Waals surface area contributed by atoms with Crippen molar-refractivity contribution in [2.45, 2.75) is 38.6 Å². The van der Waals surface area contributed by atoms with E-state index in [1.165, 1.54) is 58.3 Å². The van der Waals surface area contributed by atoms with Gasteiger partial charge in [0.1, 0.15) is 0 Å². The molecule has 0 unspecified atom stereocenters. The molecule has 1 aliphatic rings. The first-order chi connectivity index (χ1) is 8.40. The highest BCUT2D eigenvalue weighted by molar-refractivity contribution is 7.10. The third kappa shape index (κ3) is 4.09. The third-order valence-corrected chi connectivity index (χ3v) is 4.56. The van der Waals surface area contributed by atoms with Crippen LogP contribution in [0.3, 0.4) is 0 Å². The molecule has 2 rings (SSSR count). The summed E-state index contributed by atoms with van der Waals surface area (Å²) in [6, 6.07) is 2.30. The first-order valence-corrected chi connectivity index (χ1v) is 7.70.